The molecule has 3 aromatic rings. The lowest BCUT2D eigenvalue weighted by Gasteiger charge is -2.16. The molecular formula is C18H18BNO2. The van der Waals surface area contributed by atoms with Crippen molar-refractivity contribution >= 4 is 23.5 Å². The maximum atomic E-state index is 9.46. The van der Waals surface area contributed by atoms with Crippen molar-refractivity contribution in [1.29, 1.82) is 0 Å². The molecule has 110 valence electrons. The van der Waals surface area contributed by atoms with Crippen LogP contribution in [-0.4, -0.2) is 21.7 Å². The van der Waals surface area contributed by atoms with Crippen LogP contribution in [0.5, 0.6) is 0 Å². The summed E-state index contributed by atoms with van der Waals surface area (Å²) < 4.78 is 2.33. The summed E-state index contributed by atoms with van der Waals surface area (Å²) in [5.74, 6) is 0. The second-order valence-corrected chi connectivity index (χ2v) is 5.95. The highest BCUT2D eigenvalue weighted by Crippen LogP contribution is 2.34. The molecule has 0 radical (unpaired) electrons. The molecule has 0 atom stereocenters. The quantitative estimate of drug-likeness (QED) is 0.711. The maximum Gasteiger partial charge on any atom is 0.488 e. The summed E-state index contributed by atoms with van der Waals surface area (Å²) >= 11 is 0. The first-order valence-electron chi connectivity index (χ1n) is 7.83. The monoisotopic (exact) mass is 291 g/mol. The zero-order chi connectivity index (χ0) is 15.1. The van der Waals surface area contributed by atoms with E-state index >= 15 is 0 Å². The van der Waals surface area contributed by atoms with Crippen LogP contribution in [0.15, 0.2) is 48.5 Å². The van der Waals surface area contributed by atoms with E-state index in [1.807, 2.05) is 18.2 Å². The lowest BCUT2D eigenvalue weighted by Crippen LogP contribution is -2.29. The average Bonchev–Trinajstić information content (AvgIpc) is 2.89. The Balaban J connectivity index is 2.04. The molecule has 4 heteroatoms. The predicted molar refractivity (Wildman–Crippen MR) is 89.7 cm³/mol. The number of hydrogen-bond donors (Lipinski definition) is 2. The molecule has 22 heavy (non-hydrogen) atoms. The van der Waals surface area contributed by atoms with Crippen LogP contribution in [0.2, 0.25) is 0 Å². The van der Waals surface area contributed by atoms with E-state index in [2.05, 4.69) is 28.8 Å². The van der Waals surface area contributed by atoms with Crippen molar-refractivity contribution in [3.63, 3.8) is 0 Å². The number of nitrogens with zero attached hydrogens (tertiary/aromatic N) is 1. The third-order valence-electron chi connectivity index (χ3n) is 4.61. The van der Waals surface area contributed by atoms with Crippen molar-refractivity contribution in [2.75, 3.05) is 0 Å². The Bertz CT molecular complexity index is 824. The molecule has 1 aromatic heterocycles. The number of benzene rings is 2. The summed E-state index contributed by atoms with van der Waals surface area (Å²) in [7, 11) is -1.41. The summed E-state index contributed by atoms with van der Waals surface area (Å²) in [6, 6.07) is 16.1. The van der Waals surface area contributed by atoms with E-state index in [4.69, 9.17) is 0 Å². The number of fused-ring (bicyclic) bond motifs is 3. The number of rotatable bonds is 2. The Morgan fingerprint density at radius 1 is 0.909 bits per heavy atom. The maximum absolute atomic E-state index is 9.46. The third kappa shape index (κ3) is 2.07. The predicted octanol–water partition coefficient (Wildman–Crippen LogP) is 2.19. The molecule has 0 saturated heterocycles. The van der Waals surface area contributed by atoms with Gasteiger partial charge < -0.3 is 14.6 Å². The minimum Gasteiger partial charge on any atom is -0.423 e. The highest BCUT2D eigenvalue weighted by atomic mass is 16.4. The van der Waals surface area contributed by atoms with Crippen molar-refractivity contribution in [2.24, 2.45) is 0 Å². The Morgan fingerprint density at radius 2 is 1.68 bits per heavy atom. The average molecular weight is 291 g/mol. The first-order chi connectivity index (χ1) is 10.8. The lowest BCUT2D eigenvalue weighted by molar-refractivity contribution is 0.426. The second-order valence-electron chi connectivity index (χ2n) is 5.95. The first-order valence-corrected chi connectivity index (χ1v) is 7.83. The molecule has 4 rings (SSSR count). The van der Waals surface area contributed by atoms with Crippen molar-refractivity contribution in [1.82, 2.24) is 4.57 Å². The molecule has 0 aliphatic heterocycles. The normalized spacial score (nSPS) is 14.1. The molecule has 0 saturated carbocycles. The molecule has 1 heterocycles. The van der Waals surface area contributed by atoms with Gasteiger partial charge in [0.2, 0.25) is 0 Å². The van der Waals surface area contributed by atoms with Gasteiger partial charge in [0, 0.05) is 16.8 Å². The van der Waals surface area contributed by atoms with Gasteiger partial charge in [-0.2, -0.15) is 0 Å². The van der Waals surface area contributed by atoms with Crippen LogP contribution in [-0.2, 0) is 12.8 Å². The Kier molecular flexibility index (Phi) is 3.28. The summed E-state index contributed by atoms with van der Waals surface area (Å²) in [5, 5.41) is 20.1. The van der Waals surface area contributed by atoms with Crippen molar-refractivity contribution in [3.8, 4) is 5.69 Å². The molecule has 0 bridgehead atoms. The number of para-hydroxylation sites is 1. The van der Waals surface area contributed by atoms with E-state index in [0.717, 1.165) is 23.7 Å². The number of aromatic nitrogens is 1. The second kappa shape index (κ2) is 5.31. The van der Waals surface area contributed by atoms with E-state index in [0.29, 0.717) is 5.46 Å². The number of hydrogen-bond acceptors (Lipinski definition) is 2. The van der Waals surface area contributed by atoms with Crippen molar-refractivity contribution < 1.29 is 10.0 Å². The van der Waals surface area contributed by atoms with Crippen LogP contribution < -0.4 is 5.46 Å². The summed E-state index contributed by atoms with van der Waals surface area (Å²) in [5.41, 5.74) is 5.63. The van der Waals surface area contributed by atoms with E-state index in [9.17, 15) is 10.0 Å². The van der Waals surface area contributed by atoms with E-state index in [1.54, 1.807) is 6.07 Å². The van der Waals surface area contributed by atoms with E-state index < -0.39 is 7.12 Å². The fraction of sp³-hybridized carbons (Fsp3) is 0.222. The van der Waals surface area contributed by atoms with Crippen LogP contribution in [0.1, 0.15) is 24.1 Å². The molecule has 0 fully saturated rings. The third-order valence-corrected chi connectivity index (χ3v) is 4.61. The van der Waals surface area contributed by atoms with Gasteiger partial charge in [-0.15, -0.1) is 0 Å². The molecule has 2 N–H and O–H groups in total. The molecule has 0 amide bonds. The van der Waals surface area contributed by atoms with Crippen molar-refractivity contribution in [2.45, 2.75) is 25.7 Å². The smallest absolute Gasteiger partial charge is 0.423 e. The minimum atomic E-state index is -1.41. The van der Waals surface area contributed by atoms with Crippen LogP contribution in [0, 0.1) is 0 Å². The highest BCUT2D eigenvalue weighted by molar-refractivity contribution is 6.58. The fourth-order valence-corrected chi connectivity index (χ4v) is 3.59. The SMILES string of the molecule is OB(O)c1ccc2c(c1)c1c(n2-c2ccccc2)CCCC1. The summed E-state index contributed by atoms with van der Waals surface area (Å²) in [6.07, 6.45) is 4.56. The van der Waals surface area contributed by atoms with Crippen LogP contribution in [0.4, 0.5) is 0 Å². The molecular weight excluding hydrogens is 273 g/mol. The van der Waals surface area contributed by atoms with Gasteiger partial charge in [-0.3, -0.25) is 0 Å². The topological polar surface area (TPSA) is 45.4 Å². The summed E-state index contributed by atoms with van der Waals surface area (Å²) in [4.78, 5) is 0. The Hall–Kier alpha value is -2.04. The Morgan fingerprint density at radius 3 is 2.45 bits per heavy atom. The van der Waals surface area contributed by atoms with Gasteiger partial charge >= 0.3 is 7.12 Å². The zero-order valence-corrected chi connectivity index (χ0v) is 12.4. The van der Waals surface area contributed by atoms with Crippen LogP contribution >= 0.6 is 0 Å². The molecule has 1 aliphatic rings. The fourth-order valence-electron chi connectivity index (χ4n) is 3.59. The van der Waals surface area contributed by atoms with Gasteiger partial charge in [-0.1, -0.05) is 30.3 Å². The van der Waals surface area contributed by atoms with E-state index in [1.165, 1.54) is 29.8 Å². The van der Waals surface area contributed by atoms with Crippen molar-refractivity contribution in [3.05, 3.63) is 59.8 Å². The Labute approximate surface area is 130 Å². The molecule has 2 aromatic carbocycles. The van der Waals surface area contributed by atoms with Gasteiger partial charge in [-0.25, -0.2) is 0 Å². The van der Waals surface area contributed by atoms with Gasteiger partial charge in [0.1, 0.15) is 0 Å². The molecule has 3 nitrogen and oxygen atoms in total. The van der Waals surface area contributed by atoms with Crippen LogP contribution in [0.25, 0.3) is 16.6 Å². The van der Waals surface area contributed by atoms with E-state index in [-0.39, 0.29) is 0 Å². The molecule has 0 unspecified atom stereocenters. The standard InChI is InChI=1S/C18H18BNO2/c21-19(22)13-10-11-18-16(12-13)15-8-4-5-9-17(15)20(18)14-6-2-1-3-7-14/h1-3,6-7,10-12,21-22H,4-5,8-9H2. The van der Waals surface area contributed by atoms with Gasteiger partial charge in [0.25, 0.3) is 0 Å². The van der Waals surface area contributed by atoms with Gasteiger partial charge in [0.05, 0.1) is 5.52 Å². The van der Waals surface area contributed by atoms with Gasteiger partial charge in [0.15, 0.2) is 0 Å². The van der Waals surface area contributed by atoms with Gasteiger partial charge in [-0.05, 0) is 54.9 Å². The minimum absolute atomic E-state index is 0.561. The largest absolute Gasteiger partial charge is 0.488 e. The highest BCUT2D eigenvalue weighted by Gasteiger charge is 2.22. The van der Waals surface area contributed by atoms with Crippen LogP contribution in [0.3, 0.4) is 0 Å². The first kappa shape index (κ1) is 13.6. The lowest BCUT2D eigenvalue weighted by atomic mass is 9.79. The number of aryl methyl sites for hydroxylation is 1. The molecule has 1 aliphatic carbocycles. The zero-order valence-electron chi connectivity index (χ0n) is 12.4. The summed E-state index contributed by atoms with van der Waals surface area (Å²) in [6.45, 7) is 0. The molecule has 0 spiro atoms.